The van der Waals surface area contributed by atoms with Gasteiger partial charge in [-0.2, -0.15) is 17.0 Å². The van der Waals surface area contributed by atoms with Crippen molar-refractivity contribution in [3.05, 3.63) is 0 Å². The van der Waals surface area contributed by atoms with Crippen molar-refractivity contribution in [2.24, 2.45) is 11.7 Å². The van der Waals surface area contributed by atoms with Crippen molar-refractivity contribution in [1.29, 1.82) is 0 Å². The minimum atomic E-state index is -3.85. The Morgan fingerprint density at radius 2 is 1.96 bits per heavy atom. The zero-order valence-corrected chi connectivity index (χ0v) is 18.0. The lowest BCUT2D eigenvalue weighted by Crippen LogP contribution is -2.55. The Morgan fingerprint density at radius 3 is 2.39 bits per heavy atom. The second kappa shape index (κ2) is 8.17. The molecule has 10 nitrogen and oxygen atoms in total. The van der Waals surface area contributed by atoms with Crippen molar-refractivity contribution >= 4 is 23.3 Å². The topological polar surface area (TPSA) is 144 Å². The molecular weight excluding hydrogens is 387 g/mol. The Morgan fingerprint density at radius 1 is 1.36 bits per heavy atom. The van der Waals surface area contributed by atoms with Crippen LogP contribution in [0.25, 0.3) is 0 Å². The molecule has 0 unspecified atom stereocenters. The first-order valence-corrected chi connectivity index (χ1v) is 11.1. The Hall–Kier alpha value is -0.755. The fourth-order valence-corrected chi connectivity index (χ4v) is 6.17. The highest BCUT2D eigenvalue weighted by Gasteiger charge is 2.58. The summed E-state index contributed by atoms with van der Waals surface area (Å²) in [5, 5.41) is 27.6. The Labute approximate surface area is 167 Å². The van der Waals surface area contributed by atoms with E-state index in [4.69, 9.17) is 15.8 Å². The van der Waals surface area contributed by atoms with Crippen LogP contribution in [-0.4, -0.2) is 108 Å². The monoisotopic (exact) mass is 421 g/mol. The second-order valence-electron chi connectivity index (χ2n) is 8.94. The van der Waals surface area contributed by atoms with Gasteiger partial charge in [0.05, 0.1) is 27.2 Å². The number of nitrogens with two attached hydrogens (primary N) is 1. The number of nitrogens with zero attached hydrogens (tertiary/aromatic N) is 3. The molecule has 0 aromatic carbocycles. The van der Waals surface area contributed by atoms with Crippen LogP contribution in [0, 0.1) is 5.92 Å². The van der Waals surface area contributed by atoms with E-state index in [0.717, 1.165) is 6.42 Å². The van der Waals surface area contributed by atoms with E-state index in [2.05, 4.69) is 0 Å². The Kier molecular flexibility index (Phi) is 6.86. The van der Waals surface area contributed by atoms with Gasteiger partial charge >= 0.3 is 13.1 Å². The summed E-state index contributed by atoms with van der Waals surface area (Å²) in [6.45, 7) is 1.83. The predicted octanol–water partition coefficient (Wildman–Crippen LogP) is -1.63. The molecule has 0 aromatic rings. The van der Waals surface area contributed by atoms with Crippen LogP contribution in [0.2, 0.25) is 6.32 Å². The van der Waals surface area contributed by atoms with Crippen molar-refractivity contribution in [1.82, 2.24) is 8.61 Å². The summed E-state index contributed by atoms with van der Waals surface area (Å²) in [7, 11) is 0.768. The van der Waals surface area contributed by atoms with Crippen molar-refractivity contribution in [3.63, 3.8) is 0 Å². The van der Waals surface area contributed by atoms with E-state index in [-0.39, 0.29) is 31.5 Å². The molecule has 1 saturated heterocycles. The molecule has 2 rings (SSSR count). The Balaban J connectivity index is 2.17. The first-order chi connectivity index (χ1) is 12.7. The van der Waals surface area contributed by atoms with Gasteiger partial charge in [-0.3, -0.25) is 4.79 Å². The summed E-state index contributed by atoms with van der Waals surface area (Å²) < 4.78 is 29.9. The van der Waals surface area contributed by atoms with E-state index in [0.29, 0.717) is 23.9 Å². The van der Waals surface area contributed by atoms with Crippen molar-refractivity contribution in [2.45, 2.75) is 50.1 Å². The zero-order chi connectivity index (χ0) is 21.5. The van der Waals surface area contributed by atoms with Crippen LogP contribution >= 0.6 is 0 Å². The van der Waals surface area contributed by atoms with Gasteiger partial charge < -0.3 is 25.4 Å². The summed E-state index contributed by atoms with van der Waals surface area (Å²) in [5.74, 6) is -1.83. The lowest BCUT2D eigenvalue weighted by Gasteiger charge is -2.30. The number of aliphatic carboxylic acids is 1. The van der Waals surface area contributed by atoms with Crippen molar-refractivity contribution < 1.29 is 32.8 Å². The van der Waals surface area contributed by atoms with Crippen LogP contribution in [0.15, 0.2) is 0 Å². The average Bonchev–Trinajstić information content (AvgIpc) is 3.25. The molecule has 0 aromatic heterocycles. The van der Waals surface area contributed by atoms with E-state index in [1.54, 1.807) is 6.92 Å². The van der Waals surface area contributed by atoms with Gasteiger partial charge in [-0.15, -0.1) is 0 Å². The third-order valence-electron chi connectivity index (χ3n) is 6.03. The third kappa shape index (κ3) is 4.69. The van der Waals surface area contributed by atoms with Crippen molar-refractivity contribution in [3.8, 4) is 0 Å². The smallest absolute Gasteiger partial charge is 0.451 e. The third-order valence-corrected chi connectivity index (χ3v) is 8.08. The minimum Gasteiger partial charge on any atom is -0.480 e. The van der Waals surface area contributed by atoms with Crippen LogP contribution in [0.5, 0.6) is 0 Å². The highest BCUT2D eigenvalue weighted by molar-refractivity contribution is 7.86. The summed E-state index contributed by atoms with van der Waals surface area (Å²) in [4.78, 5) is 11.8. The fraction of sp³-hybridized carbons (Fsp3) is 0.938. The van der Waals surface area contributed by atoms with E-state index >= 15 is 0 Å². The molecule has 1 aliphatic carbocycles. The van der Waals surface area contributed by atoms with Crippen LogP contribution in [0.3, 0.4) is 0 Å². The number of rotatable bonds is 10. The normalized spacial score (nSPS) is 31.4. The predicted molar refractivity (Wildman–Crippen MR) is 105 cm³/mol. The number of carboxylic acids is 1. The molecule has 2 aliphatic rings. The van der Waals surface area contributed by atoms with Gasteiger partial charge in [-0.25, -0.2) is 0 Å². The van der Waals surface area contributed by atoms with E-state index < -0.39 is 34.8 Å². The van der Waals surface area contributed by atoms with Gasteiger partial charge in [0.1, 0.15) is 11.6 Å². The van der Waals surface area contributed by atoms with Gasteiger partial charge in [0.2, 0.25) is 0 Å². The van der Waals surface area contributed by atoms with Gasteiger partial charge in [0, 0.05) is 32.0 Å². The summed E-state index contributed by atoms with van der Waals surface area (Å²) >= 11 is 0. The van der Waals surface area contributed by atoms with E-state index in [9.17, 15) is 18.3 Å². The van der Waals surface area contributed by atoms with Gasteiger partial charge in [-0.05, 0) is 12.7 Å². The minimum absolute atomic E-state index is 0.0188. The lowest BCUT2D eigenvalue weighted by atomic mass is 9.78. The van der Waals surface area contributed by atoms with Crippen LogP contribution in [0.1, 0.15) is 26.2 Å². The molecule has 12 heteroatoms. The number of hydrogen-bond donors (Lipinski definition) is 4. The number of likely N-dealkylation sites (N-methyl/N-ethyl adjacent to an activating group) is 2. The molecular formula is C16H34BN4O6S+. The van der Waals surface area contributed by atoms with Crippen LogP contribution < -0.4 is 5.73 Å². The highest BCUT2D eigenvalue weighted by Crippen LogP contribution is 2.39. The van der Waals surface area contributed by atoms with Crippen LogP contribution in [-0.2, 0) is 15.0 Å². The molecule has 0 radical (unpaired) electrons. The lowest BCUT2D eigenvalue weighted by molar-refractivity contribution is -0.882. The maximum absolute atomic E-state index is 13.3. The standard InChI is InChI=1S/C16H33BN4O6S/c1-5-20(13-9-14(13)21(2,3)4)28(26,27)19-10-12(7-6-8-17(24)25)16(18,11-19)15(22)23/h12-14,24-25H,5-11,18H2,1-4H3/p+1/t12-,13+,14+,16-/m0/s1. The van der Waals surface area contributed by atoms with Crippen molar-refractivity contribution in [2.75, 3.05) is 40.8 Å². The van der Waals surface area contributed by atoms with Crippen LogP contribution in [0.4, 0.5) is 0 Å². The molecule has 1 heterocycles. The molecule has 0 bridgehead atoms. The number of quaternary nitrogens is 1. The molecule has 0 amide bonds. The number of carbonyl (C=O) groups is 1. The molecule has 0 spiro atoms. The maximum atomic E-state index is 13.3. The molecule has 162 valence electrons. The summed E-state index contributed by atoms with van der Waals surface area (Å²) in [6.07, 6.45) is 1.53. The first kappa shape index (κ1) is 23.5. The molecule has 2 fully saturated rings. The number of carboxylic acid groups (broad SMARTS) is 1. The van der Waals surface area contributed by atoms with E-state index in [1.807, 2.05) is 21.1 Å². The van der Waals surface area contributed by atoms with Gasteiger partial charge in [-0.1, -0.05) is 13.3 Å². The SMILES string of the molecule is CCN([C@@H]1C[C@H]1[N+](C)(C)C)S(=O)(=O)N1C[C@H](CCCB(O)O)[C@](N)(C(=O)O)C1. The van der Waals surface area contributed by atoms with Gasteiger partial charge in [0.15, 0.2) is 0 Å². The average molecular weight is 421 g/mol. The first-order valence-electron chi connectivity index (χ1n) is 9.71. The highest BCUT2D eigenvalue weighted by atomic mass is 32.2. The molecule has 1 saturated carbocycles. The van der Waals surface area contributed by atoms with Gasteiger partial charge in [0.25, 0.3) is 10.2 Å². The Bertz CT molecular complexity index is 685. The maximum Gasteiger partial charge on any atom is 0.451 e. The fourth-order valence-electron chi connectivity index (χ4n) is 4.24. The summed E-state index contributed by atoms with van der Waals surface area (Å²) in [6, 6.07) is 0.108. The second-order valence-corrected chi connectivity index (χ2v) is 10.8. The number of hydrogen-bond acceptors (Lipinski definition) is 6. The molecule has 4 atom stereocenters. The largest absolute Gasteiger partial charge is 0.480 e. The molecule has 5 N–H and O–H groups in total. The quantitative estimate of drug-likeness (QED) is 0.245. The molecule has 1 aliphatic heterocycles. The van der Waals surface area contributed by atoms with E-state index in [1.165, 1.54) is 8.61 Å². The summed E-state index contributed by atoms with van der Waals surface area (Å²) in [5.41, 5.74) is 4.44. The zero-order valence-electron chi connectivity index (χ0n) is 17.2. The molecule has 28 heavy (non-hydrogen) atoms.